The van der Waals surface area contributed by atoms with E-state index in [1.165, 1.54) is 12.1 Å². The van der Waals surface area contributed by atoms with Crippen LogP contribution in [0.3, 0.4) is 0 Å². The maximum atomic E-state index is 11.4. The van der Waals surface area contributed by atoms with Crippen LogP contribution >= 0.6 is 11.6 Å². The van der Waals surface area contributed by atoms with Gasteiger partial charge in [0.1, 0.15) is 23.2 Å². The Morgan fingerprint density at radius 3 is 2.43 bits per heavy atom. The molecular formula is C17H7ClN2O3. The zero-order chi connectivity index (χ0) is 16.4. The number of benzene rings is 1. The van der Waals surface area contributed by atoms with Gasteiger partial charge in [0.15, 0.2) is 0 Å². The molecule has 0 saturated carbocycles. The molecule has 23 heavy (non-hydrogen) atoms. The van der Waals surface area contributed by atoms with Crippen molar-refractivity contribution in [3.63, 3.8) is 0 Å². The molecule has 1 aromatic heterocycles. The number of hydrogen-bond donors (Lipinski definition) is 0. The van der Waals surface area contributed by atoms with Gasteiger partial charge in [-0.05, 0) is 24.3 Å². The van der Waals surface area contributed by atoms with Gasteiger partial charge in [-0.1, -0.05) is 6.07 Å². The fourth-order valence-corrected chi connectivity index (χ4v) is 2.72. The summed E-state index contributed by atoms with van der Waals surface area (Å²) in [5.74, 6) is 5.05. The van der Waals surface area contributed by atoms with Gasteiger partial charge in [-0.25, -0.2) is 19.4 Å². The number of halogens is 1. The van der Waals surface area contributed by atoms with Crippen LogP contribution in [0, 0.1) is 0 Å². The Labute approximate surface area is 135 Å². The number of carbonyl (C=O) groups excluding carboxylic acids is 3. The van der Waals surface area contributed by atoms with Gasteiger partial charge >= 0.3 is 0 Å². The summed E-state index contributed by atoms with van der Waals surface area (Å²) in [4.78, 5) is 42.2. The molecule has 1 atom stereocenters. The second-order valence-corrected chi connectivity index (χ2v) is 5.11. The molecule has 2 heterocycles. The van der Waals surface area contributed by atoms with Crippen molar-refractivity contribution >= 4 is 46.4 Å². The first-order valence-corrected chi connectivity index (χ1v) is 6.97. The average Bonchev–Trinajstić information content (AvgIpc) is 2.61. The zero-order valence-electron chi connectivity index (χ0n) is 11.5. The molecule has 0 radical (unpaired) electrons. The number of pyridine rings is 1. The standard InChI is InChI=1S/C17H7ClN2O3/c18-16-12(9-23)15-11(8-22)10(7-21)4-5-13(15)20-17(16)14-3-1-2-6-19-14/h1-6,16H. The van der Waals surface area contributed by atoms with Crippen LogP contribution < -0.4 is 10.4 Å². The van der Waals surface area contributed by atoms with Gasteiger partial charge < -0.3 is 0 Å². The first-order valence-electron chi connectivity index (χ1n) is 6.54. The van der Waals surface area contributed by atoms with E-state index in [2.05, 4.69) is 9.98 Å². The third-order valence-electron chi connectivity index (χ3n) is 3.44. The lowest BCUT2D eigenvalue weighted by Crippen LogP contribution is -2.35. The van der Waals surface area contributed by atoms with Crippen LogP contribution in [0.15, 0.2) is 41.5 Å². The normalized spacial score (nSPS) is 15.8. The minimum absolute atomic E-state index is 0.00754. The molecule has 3 rings (SSSR count). The highest BCUT2D eigenvalue weighted by atomic mass is 35.5. The topological polar surface area (TPSA) is 76.5 Å². The van der Waals surface area contributed by atoms with Crippen LogP contribution in [-0.2, 0) is 14.4 Å². The number of hydrogen-bond acceptors (Lipinski definition) is 5. The van der Waals surface area contributed by atoms with E-state index in [0.29, 0.717) is 17.1 Å². The summed E-state index contributed by atoms with van der Waals surface area (Å²) in [7, 11) is 0. The summed E-state index contributed by atoms with van der Waals surface area (Å²) in [5, 5.41) is -1.04. The van der Waals surface area contributed by atoms with E-state index in [-0.39, 0.29) is 21.6 Å². The van der Waals surface area contributed by atoms with Crippen molar-refractivity contribution in [1.82, 2.24) is 4.98 Å². The summed E-state index contributed by atoms with van der Waals surface area (Å²) in [6.07, 6.45) is 1.58. The van der Waals surface area contributed by atoms with Gasteiger partial charge in [-0.15, -0.1) is 11.6 Å². The number of alkyl halides is 1. The largest absolute Gasteiger partial charge is 0.255 e. The van der Waals surface area contributed by atoms with Crippen molar-refractivity contribution in [3.05, 3.63) is 58.2 Å². The molecule has 0 bridgehead atoms. The Bertz CT molecular complexity index is 1040. The fraction of sp³-hybridized carbons (Fsp3) is 0.0588. The molecule has 1 aliphatic rings. The molecule has 1 aliphatic heterocycles. The first kappa shape index (κ1) is 14.9. The van der Waals surface area contributed by atoms with Gasteiger partial charge in [0.2, 0.25) is 0 Å². The van der Waals surface area contributed by atoms with E-state index in [9.17, 15) is 14.4 Å². The van der Waals surface area contributed by atoms with Gasteiger partial charge in [-0.3, -0.25) is 4.98 Å². The second kappa shape index (κ2) is 5.98. The minimum atomic E-state index is -0.941. The number of allylic oxidation sites excluding steroid dienone is 1. The van der Waals surface area contributed by atoms with Crippen LogP contribution in [0.25, 0.3) is 5.57 Å². The molecule has 1 unspecified atom stereocenters. The molecule has 0 fully saturated rings. The van der Waals surface area contributed by atoms with E-state index in [1.54, 1.807) is 42.2 Å². The SMILES string of the molecule is O=C=C1c2c(ccc(=C=O)c2=C=O)N=C(c2ccccn2)C1Cl. The van der Waals surface area contributed by atoms with Crippen LogP contribution in [-0.4, -0.2) is 33.9 Å². The van der Waals surface area contributed by atoms with E-state index in [0.717, 1.165) is 0 Å². The Balaban J connectivity index is 2.42. The maximum Gasteiger partial charge on any atom is 0.134 e. The summed E-state index contributed by atoms with van der Waals surface area (Å²) >= 11 is 6.34. The van der Waals surface area contributed by atoms with Crippen molar-refractivity contribution in [2.24, 2.45) is 4.99 Å². The Morgan fingerprint density at radius 2 is 1.83 bits per heavy atom. The van der Waals surface area contributed by atoms with E-state index in [1.807, 2.05) is 0 Å². The lowest BCUT2D eigenvalue weighted by molar-refractivity contribution is 0.564. The number of rotatable bonds is 1. The smallest absolute Gasteiger partial charge is 0.134 e. The van der Waals surface area contributed by atoms with Crippen LogP contribution in [0.5, 0.6) is 0 Å². The maximum absolute atomic E-state index is 11.4. The van der Waals surface area contributed by atoms with Gasteiger partial charge in [0, 0.05) is 11.8 Å². The number of nitrogens with zero attached hydrogens (tertiary/aromatic N) is 2. The number of aromatic nitrogens is 1. The number of fused-ring (bicyclic) bond motifs is 1. The van der Waals surface area contributed by atoms with Crippen molar-refractivity contribution in [2.45, 2.75) is 5.38 Å². The summed E-state index contributed by atoms with van der Waals surface area (Å²) in [5.41, 5.74) is 1.40. The van der Waals surface area contributed by atoms with E-state index in [4.69, 9.17) is 11.6 Å². The van der Waals surface area contributed by atoms with Gasteiger partial charge in [0.25, 0.3) is 0 Å². The Hall–Kier alpha value is -3.06. The molecule has 5 nitrogen and oxygen atoms in total. The Morgan fingerprint density at radius 1 is 1.00 bits per heavy atom. The van der Waals surface area contributed by atoms with E-state index >= 15 is 0 Å². The quantitative estimate of drug-likeness (QED) is 0.549. The van der Waals surface area contributed by atoms with Crippen molar-refractivity contribution in [3.8, 4) is 0 Å². The molecule has 2 aromatic rings. The second-order valence-electron chi connectivity index (χ2n) is 4.68. The Kier molecular flexibility index (Phi) is 3.86. The van der Waals surface area contributed by atoms with Gasteiger partial charge in [-0.2, -0.15) is 0 Å². The highest BCUT2D eigenvalue weighted by Gasteiger charge is 2.30. The first-order chi connectivity index (χ1) is 11.2. The molecular weight excluding hydrogens is 316 g/mol. The molecule has 6 heteroatoms. The fourth-order valence-electron chi connectivity index (χ4n) is 2.40. The molecule has 0 amide bonds. The monoisotopic (exact) mass is 322 g/mol. The molecule has 110 valence electrons. The molecule has 0 spiro atoms. The molecule has 1 aromatic carbocycles. The van der Waals surface area contributed by atoms with Crippen LogP contribution in [0.2, 0.25) is 0 Å². The van der Waals surface area contributed by atoms with Crippen molar-refractivity contribution in [1.29, 1.82) is 0 Å². The average molecular weight is 323 g/mol. The zero-order valence-corrected chi connectivity index (χ0v) is 12.3. The van der Waals surface area contributed by atoms with E-state index < -0.39 is 5.38 Å². The predicted molar refractivity (Wildman–Crippen MR) is 84.5 cm³/mol. The van der Waals surface area contributed by atoms with Crippen molar-refractivity contribution < 1.29 is 14.4 Å². The van der Waals surface area contributed by atoms with Crippen LogP contribution in [0.1, 0.15) is 11.3 Å². The minimum Gasteiger partial charge on any atom is -0.255 e. The number of aliphatic imine (C=N–C) groups is 1. The van der Waals surface area contributed by atoms with Crippen molar-refractivity contribution in [2.75, 3.05) is 0 Å². The summed E-state index contributed by atoms with van der Waals surface area (Å²) in [6.45, 7) is 0. The summed E-state index contributed by atoms with van der Waals surface area (Å²) < 4.78 is 0. The summed E-state index contributed by atoms with van der Waals surface area (Å²) in [6, 6.07) is 8.12. The predicted octanol–water partition coefficient (Wildman–Crippen LogP) is 0.0448. The highest BCUT2D eigenvalue weighted by Crippen LogP contribution is 2.33. The molecule has 0 N–H and O–H groups in total. The highest BCUT2D eigenvalue weighted by molar-refractivity contribution is 6.43. The molecule has 0 aliphatic carbocycles. The third kappa shape index (κ3) is 2.36. The lowest BCUT2D eigenvalue weighted by atomic mass is 9.92. The van der Waals surface area contributed by atoms with Crippen LogP contribution in [0.4, 0.5) is 5.69 Å². The lowest BCUT2D eigenvalue weighted by Gasteiger charge is -2.20. The van der Waals surface area contributed by atoms with Gasteiger partial charge in [0.05, 0.1) is 33.1 Å². The molecule has 0 saturated heterocycles. The third-order valence-corrected chi connectivity index (χ3v) is 3.86.